The highest BCUT2D eigenvalue weighted by Crippen LogP contribution is 2.40. The van der Waals surface area contributed by atoms with E-state index in [0.717, 1.165) is 35.3 Å². The molecule has 2 heterocycles. The minimum Gasteiger partial charge on any atom is -0.487 e. The molecule has 1 saturated heterocycles. The number of ether oxygens (including phenoxy) is 1. The van der Waals surface area contributed by atoms with Gasteiger partial charge in [0.15, 0.2) is 0 Å². The number of fused-ring (bicyclic) bond motifs is 1. The summed E-state index contributed by atoms with van der Waals surface area (Å²) in [4.78, 5) is 13.4. The molecule has 1 amide bonds. The average molecular weight is 443 g/mol. The molecular weight excluding hydrogens is 412 g/mol. The van der Waals surface area contributed by atoms with Gasteiger partial charge in [0, 0.05) is 30.6 Å². The number of benzene rings is 2. The maximum absolute atomic E-state index is 13.3. The molecule has 0 saturated carbocycles. The van der Waals surface area contributed by atoms with Gasteiger partial charge < -0.3 is 10.1 Å². The van der Waals surface area contributed by atoms with E-state index < -0.39 is 15.6 Å². The zero-order valence-electron chi connectivity index (χ0n) is 18.6. The number of carbonyl (C=O) groups is 1. The van der Waals surface area contributed by atoms with Gasteiger partial charge in [-0.25, -0.2) is 8.42 Å². The summed E-state index contributed by atoms with van der Waals surface area (Å²) in [6.07, 6.45) is 2.37. The molecule has 7 heteroatoms. The van der Waals surface area contributed by atoms with E-state index in [-0.39, 0.29) is 16.8 Å². The Morgan fingerprint density at radius 2 is 1.81 bits per heavy atom. The first-order chi connectivity index (χ1) is 14.6. The molecule has 4 rings (SSSR count). The van der Waals surface area contributed by atoms with Gasteiger partial charge in [-0.1, -0.05) is 18.2 Å². The first-order valence-corrected chi connectivity index (χ1v) is 12.2. The number of nitrogens with zero attached hydrogens (tertiary/aromatic N) is 1. The molecule has 166 valence electrons. The first kappa shape index (κ1) is 21.8. The molecule has 2 aromatic carbocycles. The van der Waals surface area contributed by atoms with Crippen LogP contribution in [0, 0.1) is 13.8 Å². The largest absolute Gasteiger partial charge is 0.487 e. The van der Waals surface area contributed by atoms with Crippen LogP contribution < -0.4 is 10.1 Å². The molecule has 6 nitrogen and oxygen atoms in total. The van der Waals surface area contributed by atoms with Gasteiger partial charge >= 0.3 is 0 Å². The average Bonchev–Trinajstić information content (AvgIpc) is 3.22. The zero-order valence-corrected chi connectivity index (χ0v) is 19.4. The van der Waals surface area contributed by atoms with Crippen molar-refractivity contribution in [2.45, 2.75) is 63.5 Å². The van der Waals surface area contributed by atoms with Crippen molar-refractivity contribution in [3.63, 3.8) is 0 Å². The van der Waals surface area contributed by atoms with E-state index in [9.17, 15) is 13.2 Å². The third-order valence-corrected chi connectivity index (χ3v) is 7.98. The highest BCUT2D eigenvalue weighted by atomic mass is 32.2. The summed E-state index contributed by atoms with van der Waals surface area (Å²) in [5.74, 6) is 0.508. The molecule has 1 fully saturated rings. The maximum atomic E-state index is 13.3. The van der Waals surface area contributed by atoms with E-state index in [1.807, 2.05) is 45.9 Å². The Morgan fingerprint density at radius 3 is 2.52 bits per heavy atom. The molecule has 0 bridgehead atoms. The molecule has 2 aromatic rings. The molecule has 0 aromatic heterocycles. The number of rotatable bonds is 4. The van der Waals surface area contributed by atoms with E-state index in [1.54, 1.807) is 12.1 Å². The fraction of sp³-hybridized carbons (Fsp3) is 0.458. The molecule has 0 aliphatic carbocycles. The fourth-order valence-corrected chi connectivity index (χ4v) is 5.95. The molecule has 2 aliphatic heterocycles. The van der Waals surface area contributed by atoms with Crippen molar-refractivity contribution in [2.24, 2.45) is 0 Å². The summed E-state index contributed by atoms with van der Waals surface area (Å²) in [5.41, 5.74) is 2.75. The predicted molar refractivity (Wildman–Crippen MR) is 120 cm³/mol. The lowest BCUT2D eigenvalue weighted by Gasteiger charge is -2.38. The van der Waals surface area contributed by atoms with E-state index in [1.165, 1.54) is 10.4 Å². The van der Waals surface area contributed by atoms with Crippen molar-refractivity contribution >= 4 is 15.9 Å². The second kappa shape index (κ2) is 7.95. The van der Waals surface area contributed by atoms with Gasteiger partial charge in [0.05, 0.1) is 10.9 Å². The standard InChI is InChI=1S/C24H30N2O4S/c1-16-7-10-19-21(15-24(3,4)30-22(19)13-16)25-23(27)20-14-18(9-8-17(20)2)31(28,29)26-11-5-6-12-26/h7-10,13-14,21H,5-6,11-12,15H2,1-4H3,(H,25,27)/t21-/m1/s1. The van der Waals surface area contributed by atoms with Crippen molar-refractivity contribution in [3.8, 4) is 5.75 Å². The Hall–Kier alpha value is -2.38. The van der Waals surface area contributed by atoms with Crippen LogP contribution in [0.5, 0.6) is 5.75 Å². The van der Waals surface area contributed by atoms with Gasteiger partial charge in [0.25, 0.3) is 5.91 Å². The van der Waals surface area contributed by atoms with Gasteiger partial charge in [-0.2, -0.15) is 4.31 Å². The number of hydrogen-bond donors (Lipinski definition) is 1. The van der Waals surface area contributed by atoms with Crippen LogP contribution in [0.1, 0.15) is 66.2 Å². The second-order valence-corrected chi connectivity index (χ2v) is 11.2. The van der Waals surface area contributed by atoms with Crippen molar-refractivity contribution in [1.29, 1.82) is 0 Å². The van der Waals surface area contributed by atoms with Crippen LogP contribution >= 0.6 is 0 Å². The summed E-state index contributed by atoms with van der Waals surface area (Å²) >= 11 is 0. The number of hydrogen-bond acceptors (Lipinski definition) is 4. The van der Waals surface area contributed by atoms with Crippen LogP contribution in [0.2, 0.25) is 0 Å². The van der Waals surface area contributed by atoms with E-state index >= 15 is 0 Å². The number of aryl methyl sites for hydroxylation is 2. The summed E-state index contributed by atoms with van der Waals surface area (Å²) in [6.45, 7) is 8.91. The van der Waals surface area contributed by atoms with E-state index in [0.29, 0.717) is 25.1 Å². The van der Waals surface area contributed by atoms with Crippen LogP contribution in [0.3, 0.4) is 0 Å². The lowest BCUT2D eigenvalue weighted by Crippen LogP contribution is -2.41. The third-order valence-electron chi connectivity index (χ3n) is 6.09. The summed E-state index contributed by atoms with van der Waals surface area (Å²) in [6, 6.07) is 10.6. The van der Waals surface area contributed by atoms with Gasteiger partial charge in [-0.3, -0.25) is 4.79 Å². The lowest BCUT2D eigenvalue weighted by atomic mass is 9.89. The molecule has 0 spiro atoms. The smallest absolute Gasteiger partial charge is 0.252 e. The molecule has 0 unspecified atom stereocenters. The van der Waals surface area contributed by atoms with Crippen LogP contribution in [0.15, 0.2) is 41.3 Å². The molecule has 0 radical (unpaired) electrons. The van der Waals surface area contributed by atoms with Crippen molar-refractivity contribution in [1.82, 2.24) is 9.62 Å². The Balaban J connectivity index is 1.63. The minimum absolute atomic E-state index is 0.175. The Labute approximate surface area is 184 Å². The van der Waals surface area contributed by atoms with Crippen molar-refractivity contribution in [2.75, 3.05) is 13.1 Å². The predicted octanol–water partition coefficient (Wildman–Crippen LogP) is 4.12. The molecule has 1 N–H and O–H groups in total. The SMILES string of the molecule is Cc1ccc2c(c1)OC(C)(C)C[C@H]2NC(=O)c1cc(S(=O)(=O)N2CCCC2)ccc1C. The van der Waals surface area contributed by atoms with Gasteiger partial charge in [-0.05, 0) is 69.9 Å². The highest BCUT2D eigenvalue weighted by Gasteiger charge is 2.35. The number of carbonyl (C=O) groups excluding carboxylic acids is 1. The lowest BCUT2D eigenvalue weighted by molar-refractivity contribution is 0.0619. The Morgan fingerprint density at radius 1 is 1.10 bits per heavy atom. The van der Waals surface area contributed by atoms with Gasteiger partial charge in [-0.15, -0.1) is 0 Å². The maximum Gasteiger partial charge on any atom is 0.252 e. The minimum atomic E-state index is -3.58. The Bertz CT molecular complexity index is 1120. The van der Waals surface area contributed by atoms with E-state index in [2.05, 4.69) is 5.32 Å². The first-order valence-electron chi connectivity index (χ1n) is 10.8. The summed E-state index contributed by atoms with van der Waals surface area (Å²) in [5, 5.41) is 3.13. The molecule has 31 heavy (non-hydrogen) atoms. The Kier molecular flexibility index (Phi) is 5.60. The number of sulfonamides is 1. The molecule has 1 atom stereocenters. The normalized spacial score (nSPS) is 20.7. The van der Waals surface area contributed by atoms with Crippen molar-refractivity contribution in [3.05, 3.63) is 58.7 Å². The number of nitrogens with one attached hydrogen (secondary N) is 1. The van der Waals surface area contributed by atoms with Gasteiger partial charge in [0.1, 0.15) is 11.4 Å². The monoisotopic (exact) mass is 442 g/mol. The molecule has 2 aliphatic rings. The van der Waals surface area contributed by atoms with Crippen LogP contribution in [0.4, 0.5) is 0 Å². The zero-order chi connectivity index (χ0) is 22.4. The third kappa shape index (κ3) is 4.34. The highest BCUT2D eigenvalue weighted by molar-refractivity contribution is 7.89. The summed E-state index contributed by atoms with van der Waals surface area (Å²) < 4.78 is 33.6. The molecular formula is C24H30N2O4S. The fourth-order valence-electron chi connectivity index (χ4n) is 4.41. The summed E-state index contributed by atoms with van der Waals surface area (Å²) in [7, 11) is -3.58. The van der Waals surface area contributed by atoms with Crippen LogP contribution in [0.25, 0.3) is 0 Å². The van der Waals surface area contributed by atoms with Crippen LogP contribution in [-0.2, 0) is 10.0 Å². The second-order valence-electron chi connectivity index (χ2n) is 9.22. The van der Waals surface area contributed by atoms with E-state index in [4.69, 9.17) is 4.74 Å². The quantitative estimate of drug-likeness (QED) is 0.773. The van der Waals surface area contributed by atoms with Crippen molar-refractivity contribution < 1.29 is 17.9 Å². The topological polar surface area (TPSA) is 75.7 Å². The van der Waals surface area contributed by atoms with Crippen LogP contribution in [-0.4, -0.2) is 37.3 Å². The number of amides is 1. The van der Waals surface area contributed by atoms with Gasteiger partial charge in [0.2, 0.25) is 10.0 Å².